The van der Waals surface area contributed by atoms with Crippen LogP contribution >= 0.6 is 0 Å². The van der Waals surface area contributed by atoms with Crippen molar-refractivity contribution in [1.82, 2.24) is 5.32 Å². The minimum absolute atomic E-state index is 0.0654. The van der Waals surface area contributed by atoms with Crippen LogP contribution in [0.2, 0.25) is 0 Å². The van der Waals surface area contributed by atoms with Gasteiger partial charge in [-0.3, -0.25) is 19.7 Å². The number of hydrogen-bond acceptors (Lipinski definition) is 7. The van der Waals surface area contributed by atoms with E-state index in [0.29, 0.717) is 30.0 Å². The Balaban J connectivity index is 1.98. The summed E-state index contributed by atoms with van der Waals surface area (Å²) in [5, 5.41) is 16.7. The summed E-state index contributed by atoms with van der Waals surface area (Å²) >= 11 is 0. The van der Waals surface area contributed by atoms with Gasteiger partial charge in [-0.2, -0.15) is 0 Å². The van der Waals surface area contributed by atoms with Gasteiger partial charge in [-0.05, 0) is 12.1 Å². The largest absolute Gasteiger partial charge is 0.383 e. The molecule has 8 nitrogen and oxygen atoms in total. The van der Waals surface area contributed by atoms with Crippen LogP contribution in [-0.2, 0) is 4.74 Å². The number of ketones is 2. The zero-order chi connectivity index (χ0) is 19.4. The van der Waals surface area contributed by atoms with Gasteiger partial charge in [0.2, 0.25) is 11.6 Å². The lowest BCUT2D eigenvalue weighted by Crippen LogP contribution is -2.34. The highest BCUT2D eigenvalue weighted by Gasteiger charge is 2.32. The van der Waals surface area contributed by atoms with Gasteiger partial charge in [0.05, 0.1) is 11.5 Å². The van der Waals surface area contributed by atoms with Crippen molar-refractivity contribution in [2.75, 3.05) is 25.6 Å². The second-order valence-electron chi connectivity index (χ2n) is 5.80. The molecule has 1 aliphatic rings. The number of ether oxygens (including phenoxy) is 1. The van der Waals surface area contributed by atoms with Crippen LogP contribution in [0.1, 0.15) is 20.7 Å². The number of nitro groups is 1. The first-order valence-corrected chi connectivity index (χ1v) is 8.20. The number of nitrogens with one attached hydrogen (secondary N) is 2. The molecule has 0 saturated carbocycles. The number of carbonyl (C=O) groups excluding carboxylic acids is 2. The molecule has 0 aromatic heterocycles. The maximum Gasteiger partial charge on any atom is 0.269 e. The van der Waals surface area contributed by atoms with Crippen LogP contribution in [0, 0.1) is 10.1 Å². The second kappa shape index (κ2) is 7.79. The first-order chi connectivity index (χ1) is 13.0. The molecule has 2 N–H and O–H groups in total. The van der Waals surface area contributed by atoms with Crippen molar-refractivity contribution in [3.63, 3.8) is 0 Å². The Bertz CT molecular complexity index is 935. The Labute approximate surface area is 155 Å². The van der Waals surface area contributed by atoms with Gasteiger partial charge in [0.1, 0.15) is 11.4 Å². The van der Waals surface area contributed by atoms with E-state index < -0.39 is 4.92 Å². The second-order valence-corrected chi connectivity index (χ2v) is 5.80. The lowest BCUT2D eigenvalue weighted by molar-refractivity contribution is -0.384. The van der Waals surface area contributed by atoms with Crippen LogP contribution in [0.4, 0.5) is 11.4 Å². The van der Waals surface area contributed by atoms with E-state index in [-0.39, 0.29) is 28.6 Å². The molecule has 0 radical (unpaired) electrons. The molecule has 0 unspecified atom stereocenters. The summed E-state index contributed by atoms with van der Waals surface area (Å²) in [6, 6.07) is 12.2. The number of anilines is 1. The van der Waals surface area contributed by atoms with E-state index in [1.54, 1.807) is 24.3 Å². The van der Waals surface area contributed by atoms with Crippen LogP contribution in [0.15, 0.2) is 59.9 Å². The lowest BCUT2D eigenvalue weighted by Gasteiger charge is -2.23. The highest BCUT2D eigenvalue weighted by atomic mass is 16.6. The van der Waals surface area contributed by atoms with E-state index in [1.165, 1.54) is 31.4 Å². The summed E-state index contributed by atoms with van der Waals surface area (Å²) in [6.45, 7) is 0.704. The van der Waals surface area contributed by atoms with Gasteiger partial charge in [-0.15, -0.1) is 0 Å². The van der Waals surface area contributed by atoms with E-state index in [9.17, 15) is 19.7 Å². The maximum absolute atomic E-state index is 12.9. The molecule has 27 heavy (non-hydrogen) atoms. The predicted octanol–water partition coefficient (Wildman–Crippen LogP) is 2.53. The van der Waals surface area contributed by atoms with Gasteiger partial charge < -0.3 is 15.4 Å². The fraction of sp³-hybridized carbons (Fsp3) is 0.158. The Hall–Kier alpha value is -3.52. The molecule has 1 aliphatic carbocycles. The third-order valence-corrected chi connectivity index (χ3v) is 4.08. The first-order valence-electron chi connectivity index (χ1n) is 8.20. The smallest absolute Gasteiger partial charge is 0.269 e. The van der Waals surface area contributed by atoms with Crippen LogP contribution in [-0.4, -0.2) is 36.8 Å². The van der Waals surface area contributed by atoms with E-state index in [2.05, 4.69) is 10.6 Å². The number of rotatable bonds is 7. The first kappa shape index (κ1) is 18.3. The molecule has 0 atom stereocenters. The van der Waals surface area contributed by atoms with Gasteiger partial charge in [-0.25, -0.2) is 0 Å². The summed E-state index contributed by atoms with van der Waals surface area (Å²) < 4.78 is 4.99. The molecule has 0 aliphatic heterocycles. The zero-order valence-corrected chi connectivity index (χ0v) is 14.5. The van der Waals surface area contributed by atoms with Gasteiger partial charge in [0.25, 0.3) is 5.69 Å². The lowest BCUT2D eigenvalue weighted by atomic mass is 9.90. The Morgan fingerprint density at radius 1 is 0.963 bits per heavy atom. The molecular weight excluding hydrogens is 350 g/mol. The maximum atomic E-state index is 12.9. The number of nitrogens with zero attached hydrogens (tertiary/aromatic N) is 1. The van der Waals surface area contributed by atoms with Crippen molar-refractivity contribution >= 4 is 22.9 Å². The third kappa shape index (κ3) is 3.70. The van der Waals surface area contributed by atoms with Crippen molar-refractivity contribution in [2.24, 2.45) is 0 Å². The number of non-ortho nitro benzene ring substituents is 1. The number of fused-ring (bicyclic) bond motifs is 1. The molecule has 0 spiro atoms. The summed E-state index contributed by atoms with van der Waals surface area (Å²) in [5.74, 6) is -0.630. The standard InChI is InChI=1S/C19H17N3O5/c1-27-11-10-20-16-17(21-12-6-8-13(9-7-12)22(25)26)19(24)15-5-3-2-4-14(15)18(16)23/h2-9,20-21H,10-11H2,1H3. The highest BCUT2D eigenvalue weighted by Crippen LogP contribution is 2.27. The number of methoxy groups -OCH3 is 1. The monoisotopic (exact) mass is 367 g/mol. The molecule has 2 aromatic carbocycles. The van der Waals surface area contributed by atoms with Gasteiger partial charge in [0, 0.05) is 42.6 Å². The summed E-state index contributed by atoms with van der Waals surface area (Å²) in [7, 11) is 1.54. The van der Waals surface area contributed by atoms with Crippen molar-refractivity contribution in [3.05, 3.63) is 81.2 Å². The summed E-state index contributed by atoms with van der Waals surface area (Å²) in [6.07, 6.45) is 0. The minimum atomic E-state index is -0.508. The quantitative estimate of drug-likeness (QED) is 0.439. The molecule has 2 aromatic rings. The van der Waals surface area contributed by atoms with E-state index >= 15 is 0 Å². The molecule has 138 valence electrons. The SMILES string of the molecule is COCCNC1=C(Nc2ccc([N+](=O)[O-])cc2)C(=O)c2ccccc2C1=O. The molecule has 8 heteroatoms. The molecule has 0 fully saturated rings. The van der Waals surface area contributed by atoms with Crippen LogP contribution in [0.5, 0.6) is 0 Å². The Morgan fingerprint density at radius 2 is 1.56 bits per heavy atom. The molecule has 0 amide bonds. The van der Waals surface area contributed by atoms with Gasteiger partial charge in [-0.1, -0.05) is 24.3 Å². The number of benzene rings is 2. The van der Waals surface area contributed by atoms with Gasteiger partial charge in [0.15, 0.2) is 0 Å². The molecule has 3 rings (SSSR count). The zero-order valence-electron chi connectivity index (χ0n) is 14.5. The molecule has 0 saturated heterocycles. The summed E-state index contributed by atoms with van der Waals surface area (Å²) in [5.41, 5.74) is 1.28. The minimum Gasteiger partial charge on any atom is -0.383 e. The Kier molecular flexibility index (Phi) is 5.28. The molecule has 0 heterocycles. The Morgan fingerprint density at radius 3 is 2.11 bits per heavy atom. The average molecular weight is 367 g/mol. The van der Waals surface area contributed by atoms with Crippen LogP contribution < -0.4 is 10.6 Å². The highest BCUT2D eigenvalue weighted by molar-refractivity contribution is 6.27. The number of Topliss-reactive ketones (excluding diaryl/α,β-unsaturated/α-hetero) is 2. The average Bonchev–Trinajstić information content (AvgIpc) is 2.68. The number of nitro benzene ring substituents is 1. The van der Waals surface area contributed by atoms with Crippen LogP contribution in [0.3, 0.4) is 0 Å². The number of carbonyl (C=O) groups is 2. The third-order valence-electron chi connectivity index (χ3n) is 4.08. The fourth-order valence-electron chi connectivity index (χ4n) is 2.75. The summed E-state index contributed by atoms with van der Waals surface area (Å²) in [4.78, 5) is 36.1. The number of hydrogen-bond donors (Lipinski definition) is 2. The predicted molar refractivity (Wildman–Crippen MR) is 98.7 cm³/mol. The van der Waals surface area contributed by atoms with Gasteiger partial charge >= 0.3 is 0 Å². The number of allylic oxidation sites excluding steroid dienone is 2. The van der Waals surface area contributed by atoms with E-state index in [4.69, 9.17) is 4.74 Å². The molecule has 0 bridgehead atoms. The van der Waals surface area contributed by atoms with E-state index in [0.717, 1.165) is 0 Å². The van der Waals surface area contributed by atoms with Crippen molar-refractivity contribution < 1.29 is 19.2 Å². The van der Waals surface area contributed by atoms with Crippen molar-refractivity contribution in [2.45, 2.75) is 0 Å². The fourth-order valence-corrected chi connectivity index (χ4v) is 2.75. The molecular formula is C19H17N3O5. The normalized spacial score (nSPS) is 13.4. The van der Waals surface area contributed by atoms with Crippen molar-refractivity contribution in [3.8, 4) is 0 Å². The topological polar surface area (TPSA) is 111 Å². The van der Waals surface area contributed by atoms with E-state index in [1.807, 2.05) is 0 Å². The van der Waals surface area contributed by atoms with Crippen LogP contribution in [0.25, 0.3) is 0 Å². The van der Waals surface area contributed by atoms with Crippen molar-refractivity contribution in [1.29, 1.82) is 0 Å².